The van der Waals surface area contributed by atoms with Crippen LogP contribution >= 0.6 is 11.8 Å². The summed E-state index contributed by atoms with van der Waals surface area (Å²) in [4.78, 5) is 25.9. The number of methoxy groups -OCH3 is 1. The second kappa shape index (κ2) is 8.88. The number of nitrogens with zero attached hydrogens (tertiary/aromatic N) is 2. The summed E-state index contributed by atoms with van der Waals surface area (Å²) in [6.07, 6.45) is 1.78. The lowest BCUT2D eigenvalue weighted by atomic mass is 10.2. The maximum Gasteiger partial charge on any atom is 0.412 e. The summed E-state index contributed by atoms with van der Waals surface area (Å²) in [6.45, 7) is 2.41. The van der Waals surface area contributed by atoms with Crippen molar-refractivity contribution in [3.05, 3.63) is 28.3 Å². The lowest BCUT2D eigenvalue weighted by Crippen LogP contribution is -2.27. The molecule has 0 saturated carbocycles. The standard InChI is InChI=1S/C13H17N3O5S/c1-4-7-21-9-5-6-10(11(8-9)16(18)19)14-12(22-3)15-13(17)20-2/h5-6,8H,4,7H2,1-3H3,(H,14,15,17). The van der Waals surface area contributed by atoms with E-state index >= 15 is 0 Å². The molecule has 1 aromatic rings. The molecule has 1 aromatic carbocycles. The Labute approximate surface area is 132 Å². The number of nitro groups is 1. The SMILES string of the molecule is CCCOc1ccc(N=C(NC(=O)OC)SC)c([N+](=O)[O-])c1. The Morgan fingerprint density at radius 2 is 2.23 bits per heavy atom. The fourth-order valence-electron chi connectivity index (χ4n) is 1.43. The number of carbonyl (C=O) groups excluding carboxylic acids is 1. The van der Waals surface area contributed by atoms with Crippen molar-refractivity contribution in [1.29, 1.82) is 0 Å². The van der Waals surface area contributed by atoms with Gasteiger partial charge in [-0.05, 0) is 24.8 Å². The van der Waals surface area contributed by atoms with Gasteiger partial charge in [-0.25, -0.2) is 9.79 Å². The van der Waals surface area contributed by atoms with Crippen molar-refractivity contribution in [2.45, 2.75) is 13.3 Å². The summed E-state index contributed by atoms with van der Waals surface area (Å²) in [5.74, 6) is 0.402. The number of amides is 1. The van der Waals surface area contributed by atoms with E-state index in [1.54, 1.807) is 12.3 Å². The molecule has 0 unspecified atom stereocenters. The minimum atomic E-state index is -0.696. The molecule has 0 aliphatic heterocycles. The zero-order valence-electron chi connectivity index (χ0n) is 12.5. The average Bonchev–Trinajstić information content (AvgIpc) is 2.52. The van der Waals surface area contributed by atoms with E-state index in [1.165, 1.54) is 19.2 Å². The predicted octanol–water partition coefficient (Wildman–Crippen LogP) is 3.09. The third-order valence-corrected chi connectivity index (χ3v) is 3.01. The number of nitro benzene ring substituents is 1. The van der Waals surface area contributed by atoms with Gasteiger partial charge in [0, 0.05) is 0 Å². The molecule has 22 heavy (non-hydrogen) atoms. The van der Waals surface area contributed by atoms with Crippen molar-refractivity contribution in [2.75, 3.05) is 20.0 Å². The number of alkyl carbamates (subject to hydrolysis) is 1. The van der Waals surface area contributed by atoms with E-state index in [0.29, 0.717) is 12.4 Å². The van der Waals surface area contributed by atoms with Crippen LogP contribution in [0.3, 0.4) is 0 Å². The second-order valence-electron chi connectivity index (χ2n) is 3.99. The van der Waals surface area contributed by atoms with Gasteiger partial charge < -0.3 is 9.47 Å². The van der Waals surface area contributed by atoms with Crippen LogP contribution in [0.25, 0.3) is 0 Å². The number of nitrogens with one attached hydrogen (secondary N) is 1. The third-order valence-electron chi connectivity index (χ3n) is 2.43. The van der Waals surface area contributed by atoms with Gasteiger partial charge in [0.05, 0.1) is 24.7 Å². The highest BCUT2D eigenvalue weighted by Crippen LogP contribution is 2.32. The van der Waals surface area contributed by atoms with E-state index in [2.05, 4.69) is 15.0 Å². The average molecular weight is 327 g/mol. The minimum Gasteiger partial charge on any atom is -0.493 e. The molecule has 0 aliphatic carbocycles. The van der Waals surface area contributed by atoms with Crippen molar-refractivity contribution in [1.82, 2.24) is 5.32 Å². The summed E-state index contributed by atoms with van der Waals surface area (Å²) in [5, 5.41) is 13.7. The van der Waals surface area contributed by atoms with Crippen LogP contribution in [-0.4, -0.2) is 36.2 Å². The topological polar surface area (TPSA) is 103 Å². The van der Waals surface area contributed by atoms with Crippen LogP contribution in [0.15, 0.2) is 23.2 Å². The minimum absolute atomic E-state index is 0.120. The van der Waals surface area contributed by atoms with Gasteiger partial charge in [0.25, 0.3) is 5.69 Å². The summed E-state index contributed by atoms with van der Waals surface area (Å²) in [7, 11) is 1.22. The van der Waals surface area contributed by atoms with Crippen molar-refractivity contribution < 1.29 is 19.2 Å². The molecule has 0 heterocycles. The molecule has 0 bridgehead atoms. The van der Waals surface area contributed by atoms with Crippen molar-refractivity contribution in [2.24, 2.45) is 4.99 Å². The number of carbonyl (C=O) groups is 1. The molecule has 1 rings (SSSR count). The number of ether oxygens (including phenoxy) is 2. The van der Waals surface area contributed by atoms with E-state index < -0.39 is 11.0 Å². The van der Waals surface area contributed by atoms with Crippen molar-refractivity contribution >= 4 is 34.4 Å². The largest absolute Gasteiger partial charge is 0.493 e. The molecule has 1 amide bonds. The fraction of sp³-hybridized carbons (Fsp3) is 0.385. The van der Waals surface area contributed by atoms with E-state index in [-0.39, 0.29) is 16.5 Å². The predicted molar refractivity (Wildman–Crippen MR) is 85.0 cm³/mol. The first-order valence-electron chi connectivity index (χ1n) is 6.40. The number of rotatable bonds is 5. The molecule has 1 N–H and O–H groups in total. The quantitative estimate of drug-likeness (QED) is 0.386. The lowest BCUT2D eigenvalue weighted by molar-refractivity contribution is -0.384. The van der Waals surface area contributed by atoms with Crippen LogP contribution in [0.2, 0.25) is 0 Å². The molecule has 0 aliphatic rings. The van der Waals surface area contributed by atoms with Crippen molar-refractivity contribution in [3.8, 4) is 5.75 Å². The van der Waals surface area contributed by atoms with E-state index in [9.17, 15) is 14.9 Å². The molecule has 0 saturated heterocycles. The van der Waals surface area contributed by atoms with Crippen molar-refractivity contribution in [3.63, 3.8) is 0 Å². The molecule has 0 fully saturated rings. The highest BCUT2D eigenvalue weighted by molar-refractivity contribution is 8.13. The van der Waals surface area contributed by atoms with Gasteiger partial charge in [0.2, 0.25) is 0 Å². The lowest BCUT2D eigenvalue weighted by Gasteiger charge is -2.07. The van der Waals surface area contributed by atoms with E-state index in [4.69, 9.17) is 4.74 Å². The van der Waals surface area contributed by atoms with Crippen LogP contribution in [-0.2, 0) is 4.74 Å². The highest BCUT2D eigenvalue weighted by Gasteiger charge is 2.16. The molecule has 8 nitrogen and oxygen atoms in total. The summed E-state index contributed by atoms with van der Waals surface area (Å²) >= 11 is 1.13. The molecule has 0 atom stereocenters. The number of hydrogen-bond acceptors (Lipinski definition) is 7. The first-order chi connectivity index (χ1) is 10.5. The first kappa shape index (κ1) is 17.8. The highest BCUT2D eigenvalue weighted by atomic mass is 32.2. The molecule has 0 spiro atoms. The maximum atomic E-state index is 11.2. The Kier molecular flexibility index (Phi) is 7.17. The van der Waals surface area contributed by atoms with Gasteiger partial charge in [0.1, 0.15) is 11.4 Å². The van der Waals surface area contributed by atoms with Gasteiger partial charge in [-0.1, -0.05) is 18.7 Å². The number of amidine groups is 1. The number of benzene rings is 1. The van der Waals surface area contributed by atoms with Gasteiger partial charge in [0.15, 0.2) is 5.17 Å². The normalized spacial score (nSPS) is 11.0. The Morgan fingerprint density at radius 1 is 1.50 bits per heavy atom. The van der Waals surface area contributed by atoms with E-state index in [1.807, 2.05) is 6.92 Å². The fourth-order valence-corrected chi connectivity index (χ4v) is 1.80. The monoisotopic (exact) mass is 327 g/mol. The number of hydrogen-bond donors (Lipinski definition) is 1. The van der Waals surface area contributed by atoms with Crippen LogP contribution < -0.4 is 10.1 Å². The maximum absolute atomic E-state index is 11.2. The molecule has 120 valence electrons. The Morgan fingerprint density at radius 3 is 2.77 bits per heavy atom. The smallest absolute Gasteiger partial charge is 0.412 e. The van der Waals surface area contributed by atoms with Gasteiger partial charge in [-0.2, -0.15) is 0 Å². The Balaban J connectivity index is 3.11. The second-order valence-corrected chi connectivity index (χ2v) is 4.79. The van der Waals surface area contributed by atoms with Crippen LogP contribution in [0, 0.1) is 10.1 Å². The molecule has 0 radical (unpaired) electrons. The molecule has 0 aromatic heterocycles. The molecule has 9 heteroatoms. The zero-order valence-corrected chi connectivity index (χ0v) is 13.3. The Bertz CT molecular complexity index is 577. The van der Waals surface area contributed by atoms with Crippen LogP contribution in [0.4, 0.5) is 16.2 Å². The summed E-state index contributed by atoms with van der Waals surface area (Å²) in [6, 6.07) is 4.38. The zero-order chi connectivity index (χ0) is 16.5. The Hall–Kier alpha value is -2.29. The van der Waals surface area contributed by atoms with Crippen LogP contribution in [0.1, 0.15) is 13.3 Å². The van der Waals surface area contributed by atoms with Gasteiger partial charge in [-0.3, -0.25) is 15.4 Å². The summed E-state index contributed by atoms with van der Waals surface area (Å²) in [5.41, 5.74) is -0.0820. The number of thioether (sulfide) groups is 1. The van der Waals surface area contributed by atoms with Crippen LogP contribution in [0.5, 0.6) is 5.75 Å². The number of aliphatic imine (C=N–C) groups is 1. The van der Waals surface area contributed by atoms with E-state index in [0.717, 1.165) is 18.2 Å². The van der Waals surface area contributed by atoms with Gasteiger partial charge in [-0.15, -0.1) is 0 Å². The van der Waals surface area contributed by atoms with Gasteiger partial charge >= 0.3 is 6.09 Å². The molecular weight excluding hydrogens is 310 g/mol. The third kappa shape index (κ3) is 5.24. The first-order valence-corrected chi connectivity index (χ1v) is 7.63. The summed E-state index contributed by atoms with van der Waals surface area (Å²) < 4.78 is 9.83. The molecular formula is C13H17N3O5S.